The molecule has 0 aliphatic rings. The van der Waals surface area contributed by atoms with E-state index < -0.39 is 0 Å². The quantitative estimate of drug-likeness (QED) is 0.830. The Morgan fingerprint density at radius 3 is 3.00 bits per heavy atom. The monoisotopic (exact) mass is 211 g/mol. The molecule has 0 saturated heterocycles. The van der Waals surface area contributed by atoms with E-state index in [1.54, 1.807) is 24.8 Å². The molecule has 0 aliphatic carbocycles. The van der Waals surface area contributed by atoms with E-state index in [1.165, 1.54) is 11.8 Å². The normalized spacial score (nSPS) is 10.2. The van der Waals surface area contributed by atoms with Gasteiger partial charge in [0.1, 0.15) is 0 Å². The van der Waals surface area contributed by atoms with Gasteiger partial charge in [0.05, 0.1) is 5.02 Å². The van der Waals surface area contributed by atoms with Crippen LogP contribution in [0.25, 0.3) is 0 Å². The Bertz CT molecular complexity index is 388. The molecule has 2 heterocycles. The minimum atomic E-state index is 0.643. The Morgan fingerprint density at radius 2 is 2.31 bits per heavy atom. The molecule has 0 bridgehead atoms. The summed E-state index contributed by atoms with van der Waals surface area (Å²) in [6.45, 7) is 0. The fourth-order valence-electron chi connectivity index (χ4n) is 0.856. The summed E-state index contributed by atoms with van der Waals surface area (Å²) in [5, 5.41) is 1.47. The van der Waals surface area contributed by atoms with Crippen LogP contribution in [-0.2, 0) is 0 Å². The number of nitrogens with zero attached hydrogens (tertiary/aromatic N) is 2. The van der Waals surface area contributed by atoms with Crippen LogP contribution in [0.3, 0.4) is 0 Å². The summed E-state index contributed by atoms with van der Waals surface area (Å²) in [6.07, 6.45) is 6.80. The van der Waals surface area contributed by atoms with Crippen molar-refractivity contribution in [3.8, 4) is 0 Å². The summed E-state index contributed by atoms with van der Waals surface area (Å²) in [7, 11) is 0. The van der Waals surface area contributed by atoms with Gasteiger partial charge in [-0.3, -0.25) is 4.98 Å². The van der Waals surface area contributed by atoms with Crippen molar-refractivity contribution in [3.63, 3.8) is 0 Å². The molecule has 5 heteroatoms. The molecule has 0 fully saturated rings. The van der Waals surface area contributed by atoms with Crippen molar-refractivity contribution in [1.82, 2.24) is 15.0 Å². The minimum Gasteiger partial charge on any atom is -0.339 e. The lowest BCUT2D eigenvalue weighted by atomic mass is 10.5. The Hall–Kier alpha value is -1.00. The average molecular weight is 212 g/mol. The third-order valence-electron chi connectivity index (χ3n) is 1.42. The van der Waals surface area contributed by atoms with Gasteiger partial charge in [-0.2, -0.15) is 0 Å². The highest BCUT2D eigenvalue weighted by Crippen LogP contribution is 2.29. The van der Waals surface area contributed by atoms with Crippen LogP contribution < -0.4 is 0 Å². The van der Waals surface area contributed by atoms with Gasteiger partial charge in [0.15, 0.2) is 5.16 Å². The largest absolute Gasteiger partial charge is 0.339 e. The first-order valence-electron chi connectivity index (χ1n) is 3.63. The number of aromatic amines is 1. The number of imidazole rings is 1. The van der Waals surface area contributed by atoms with Crippen LogP contribution in [-0.4, -0.2) is 15.0 Å². The number of nitrogens with one attached hydrogen (secondary N) is 1. The molecular formula is C8H6ClN3S. The number of aromatic nitrogens is 3. The molecular weight excluding hydrogens is 206 g/mol. The second-order valence-electron chi connectivity index (χ2n) is 2.30. The third-order valence-corrected chi connectivity index (χ3v) is 2.82. The van der Waals surface area contributed by atoms with Gasteiger partial charge in [-0.05, 0) is 6.07 Å². The van der Waals surface area contributed by atoms with Gasteiger partial charge in [0.25, 0.3) is 0 Å². The third kappa shape index (κ3) is 2.02. The summed E-state index contributed by atoms with van der Waals surface area (Å²) < 4.78 is 0. The summed E-state index contributed by atoms with van der Waals surface area (Å²) >= 11 is 7.40. The predicted molar refractivity (Wildman–Crippen MR) is 52.0 cm³/mol. The van der Waals surface area contributed by atoms with Crippen LogP contribution in [0.2, 0.25) is 5.02 Å². The predicted octanol–water partition coefficient (Wildman–Crippen LogP) is 2.61. The number of hydrogen-bond acceptors (Lipinski definition) is 3. The van der Waals surface area contributed by atoms with Crippen molar-refractivity contribution in [2.45, 2.75) is 10.1 Å². The molecule has 0 unspecified atom stereocenters. The second-order valence-corrected chi connectivity index (χ2v) is 3.74. The van der Waals surface area contributed by atoms with Crippen LogP contribution in [0.4, 0.5) is 0 Å². The first-order valence-corrected chi connectivity index (χ1v) is 4.82. The zero-order valence-corrected chi connectivity index (χ0v) is 8.14. The highest BCUT2D eigenvalue weighted by atomic mass is 35.5. The molecule has 0 aliphatic heterocycles. The van der Waals surface area contributed by atoms with Gasteiger partial charge in [-0.25, -0.2) is 4.98 Å². The van der Waals surface area contributed by atoms with E-state index >= 15 is 0 Å². The van der Waals surface area contributed by atoms with Crippen LogP contribution in [0, 0.1) is 0 Å². The van der Waals surface area contributed by atoms with Gasteiger partial charge in [-0.1, -0.05) is 23.4 Å². The minimum absolute atomic E-state index is 0.643. The molecule has 1 N–H and O–H groups in total. The zero-order chi connectivity index (χ0) is 9.10. The lowest BCUT2D eigenvalue weighted by molar-refractivity contribution is 1.06. The van der Waals surface area contributed by atoms with Crippen molar-refractivity contribution in [3.05, 3.63) is 35.9 Å². The van der Waals surface area contributed by atoms with Gasteiger partial charge < -0.3 is 4.98 Å². The molecule has 0 radical (unpaired) electrons. The molecule has 13 heavy (non-hydrogen) atoms. The van der Waals surface area contributed by atoms with E-state index in [2.05, 4.69) is 15.0 Å². The molecule has 66 valence electrons. The lowest BCUT2D eigenvalue weighted by Crippen LogP contribution is -1.78. The number of pyridine rings is 1. The smallest absolute Gasteiger partial charge is 0.170 e. The Labute approximate surface area is 84.6 Å². The highest BCUT2D eigenvalue weighted by molar-refractivity contribution is 7.99. The van der Waals surface area contributed by atoms with E-state index in [4.69, 9.17) is 11.6 Å². The van der Waals surface area contributed by atoms with E-state index in [-0.39, 0.29) is 0 Å². The Morgan fingerprint density at radius 1 is 1.38 bits per heavy atom. The van der Waals surface area contributed by atoms with E-state index in [0.717, 1.165) is 10.1 Å². The molecule has 0 atom stereocenters. The fourth-order valence-corrected chi connectivity index (χ4v) is 1.82. The summed E-state index contributed by atoms with van der Waals surface area (Å²) in [4.78, 5) is 11.9. The van der Waals surface area contributed by atoms with Crippen LogP contribution >= 0.6 is 23.4 Å². The average Bonchev–Trinajstić information content (AvgIpc) is 2.61. The van der Waals surface area contributed by atoms with E-state index in [0.29, 0.717) is 5.02 Å². The zero-order valence-electron chi connectivity index (χ0n) is 6.57. The van der Waals surface area contributed by atoms with Gasteiger partial charge >= 0.3 is 0 Å². The van der Waals surface area contributed by atoms with Crippen LogP contribution in [0.1, 0.15) is 0 Å². The SMILES string of the molecule is Clc1cnccc1Sc1ncc[nH]1. The number of H-pyrrole nitrogens is 1. The molecule has 0 aromatic carbocycles. The van der Waals surface area contributed by atoms with Gasteiger partial charge in [0, 0.05) is 29.7 Å². The summed E-state index contributed by atoms with van der Waals surface area (Å²) in [6, 6.07) is 1.86. The fraction of sp³-hybridized carbons (Fsp3) is 0. The van der Waals surface area contributed by atoms with Crippen molar-refractivity contribution < 1.29 is 0 Å². The topological polar surface area (TPSA) is 41.6 Å². The summed E-state index contributed by atoms with van der Waals surface area (Å²) in [5.74, 6) is 0. The van der Waals surface area contributed by atoms with Gasteiger partial charge in [0.2, 0.25) is 0 Å². The second kappa shape index (κ2) is 3.81. The maximum Gasteiger partial charge on any atom is 0.170 e. The summed E-state index contributed by atoms with van der Waals surface area (Å²) in [5.41, 5.74) is 0. The molecule has 0 saturated carbocycles. The van der Waals surface area contributed by atoms with Crippen molar-refractivity contribution in [1.29, 1.82) is 0 Å². The standard InChI is InChI=1S/C8H6ClN3S/c9-6-5-10-2-1-7(6)13-8-11-3-4-12-8/h1-5H,(H,11,12). The van der Waals surface area contributed by atoms with E-state index in [1.807, 2.05) is 6.07 Å². The van der Waals surface area contributed by atoms with Crippen LogP contribution in [0.15, 0.2) is 40.9 Å². The molecule has 3 nitrogen and oxygen atoms in total. The van der Waals surface area contributed by atoms with Crippen molar-refractivity contribution >= 4 is 23.4 Å². The maximum absolute atomic E-state index is 5.92. The molecule has 0 amide bonds. The Kier molecular flexibility index (Phi) is 2.52. The number of rotatable bonds is 2. The van der Waals surface area contributed by atoms with Crippen molar-refractivity contribution in [2.24, 2.45) is 0 Å². The Balaban J connectivity index is 2.24. The number of halogens is 1. The van der Waals surface area contributed by atoms with Crippen molar-refractivity contribution in [2.75, 3.05) is 0 Å². The number of hydrogen-bond donors (Lipinski definition) is 1. The molecule has 0 spiro atoms. The molecule has 2 aromatic rings. The molecule has 2 aromatic heterocycles. The van der Waals surface area contributed by atoms with Crippen LogP contribution in [0.5, 0.6) is 0 Å². The first-order chi connectivity index (χ1) is 6.36. The van der Waals surface area contributed by atoms with Gasteiger partial charge in [-0.15, -0.1) is 0 Å². The van der Waals surface area contributed by atoms with E-state index in [9.17, 15) is 0 Å². The maximum atomic E-state index is 5.92. The molecule has 2 rings (SSSR count). The highest BCUT2D eigenvalue weighted by Gasteiger charge is 2.02. The first kappa shape index (κ1) is 8.59. The lowest BCUT2D eigenvalue weighted by Gasteiger charge is -1.98.